The molecule has 0 bridgehead atoms. The van der Waals surface area contributed by atoms with Crippen molar-refractivity contribution in [1.82, 2.24) is 9.78 Å². The van der Waals surface area contributed by atoms with Crippen LogP contribution >= 0.6 is 0 Å². The van der Waals surface area contributed by atoms with Crippen LogP contribution in [-0.4, -0.2) is 15.3 Å². The Hall–Kier alpha value is -0.830. The van der Waals surface area contributed by atoms with E-state index in [1.807, 2.05) is 18.7 Å². The average Bonchev–Trinajstić information content (AvgIpc) is 2.75. The monoisotopic (exact) mass is 193 g/mol. The molecule has 2 N–H and O–H groups in total. The normalized spacial score (nSPS) is 20.9. The smallest absolute Gasteiger partial charge is 0.0596 e. The summed E-state index contributed by atoms with van der Waals surface area (Å²) in [7, 11) is 2.01. The number of hydrogen-bond donors (Lipinski definition) is 1. The van der Waals surface area contributed by atoms with Gasteiger partial charge in [0.15, 0.2) is 0 Å². The molecule has 1 fully saturated rings. The second-order valence-corrected chi connectivity index (χ2v) is 4.53. The maximum Gasteiger partial charge on any atom is 0.0596 e. The van der Waals surface area contributed by atoms with Crippen molar-refractivity contribution in [3.8, 4) is 0 Å². The highest BCUT2D eigenvalue weighted by molar-refractivity contribution is 5.23. The number of hydrogen-bond acceptors (Lipinski definition) is 2. The minimum atomic E-state index is 0.0645. The van der Waals surface area contributed by atoms with Gasteiger partial charge >= 0.3 is 0 Å². The molecule has 0 saturated heterocycles. The summed E-state index contributed by atoms with van der Waals surface area (Å²) in [6.45, 7) is 4.24. The van der Waals surface area contributed by atoms with Crippen LogP contribution in [0.2, 0.25) is 0 Å². The topological polar surface area (TPSA) is 43.8 Å². The van der Waals surface area contributed by atoms with E-state index in [0.717, 1.165) is 25.0 Å². The zero-order valence-corrected chi connectivity index (χ0v) is 9.25. The molecule has 1 saturated carbocycles. The van der Waals surface area contributed by atoms with E-state index < -0.39 is 0 Å². The Morgan fingerprint density at radius 1 is 1.64 bits per heavy atom. The van der Waals surface area contributed by atoms with E-state index in [1.54, 1.807) is 0 Å². The second kappa shape index (κ2) is 3.09. The third-order valence-electron chi connectivity index (χ3n) is 3.32. The van der Waals surface area contributed by atoms with Crippen LogP contribution in [0.1, 0.15) is 43.5 Å². The number of rotatable bonds is 3. The summed E-state index contributed by atoms with van der Waals surface area (Å²) in [5, 5.41) is 4.38. The molecule has 1 aromatic heterocycles. The maximum absolute atomic E-state index is 6.27. The van der Waals surface area contributed by atoms with Gasteiger partial charge in [0.1, 0.15) is 0 Å². The average molecular weight is 193 g/mol. The van der Waals surface area contributed by atoms with Gasteiger partial charge in [-0.05, 0) is 32.3 Å². The highest BCUT2D eigenvalue weighted by Crippen LogP contribution is 2.46. The fourth-order valence-corrected chi connectivity index (χ4v) is 2.36. The fourth-order valence-electron chi connectivity index (χ4n) is 2.36. The number of aryl methyl sites for hydroxylation is 2. The summed E-state index contributed by atoms with van der Waals surface area (Å²) >= 11 is 0. The van der Waals surface area contributed by atoms with Crippen LogP contribution in [-0.2, 0) is 7.05 Å². The molecule has 1 aromatic rings. The summed E-state index contributed by atoms with van der Waals surface area (Å²) in [5.74, 6) is 0.480. The first kappa shape index (κ1) is 9.71. The van der Waals surface area contributed by atoms with Crippen LogP contribution in [0.5, 0.6) is 0 Å². The minimum Gasteiger partial charge on any atom is -0.324 e. The number of nitrogens with two attached hydrogens (primary N) is 1. The first-order chi connectivity index (χ1) is 6.57. The molecule has 3 nitrogen and oxygen atoms in total. The van der Waals surface area contributed by atoms with Crippen LogP contribution in [0.15, 0.2) is 6.07 Å². The molecule has 1 heterocycles. The third kappa shape index (κ3) is 1.46. The van der Waals surface area contributed by atoms with Crippen molar-refractivity contribution in [1.29, 1.82) is 0 Å². The molecule has 0 aliphatic heterocycles. The molecule has 0 aromatic carbocycles. The predicted octanol–water partition coefficient (Wildman–Crippen LogP) is 1.71. The lowest BCUT2D eigenvalue weighted by Gasteiger charge is -2.21. The lowest BCUT2D eigenvalue weighted by molar-refractivity contribution is 0.472. The second-order valence-electron chi connectivity index (χ2n) is 4.53. The Labute approximate surface area is 85.3 Å². The van der Waals surface area contributed by atoms with Gasteiger partial charge in [-0.1, -0.05) is 6.92 Å². The van der Waals surface area contributed by atoms with Gasteiger partial charge in [0.25, 0.3) is 0 Å². The summed E-state index contributed by atoms with van der Waals surface area (Å²) in [4.78, 5) is 0. The van der Waals surface area contributed by atoms with Crippen molar-refractivity contribution in [2.45, 2.75) is 44.6 Å². The molecular formula is C11H19N3. The number of nitrogens with zero attached hydrogens (tertiary/aromatic N) is 2. The highest BCUT2D eigenvalue weighted by Gasteiger charge is 2.46. The van der Waals surface area contributed by atoms with Crippen molar-refractivity contribution in [3.63, 3.8) is 0 Å². The van der Waals surface area contributed by atoms with Crippen molar-refractivity contribution in [3.05, 3.63) is 17.5 Å². The van der Waals surface area contributed by atoms with E-state index in [1.165, 1.54) is 5.69 Å². The van der Waals surface area contributed by atoms with E-state index in [4.69, 9.17) is 5.73 Å². The molecule has 14 heavy (non-hydrogen) atoms. The van der Waals surface area contributed by atoms with E-state index in [9.17, 15) is 0 Å². The summed E-state index contributed by atoms with van der Waals surface area (Å²) in [5.41, 5.74) is 8.72. The molecule has 3 heteroatoms. The Balaban J connectivity index is 2.31. The van der Waals surface area contributed by atoms with Crippen molar-refractivity contribution >= 4 is 0 Å². The maximum atomic E-state index is 6.27. The fraction of sp³-hybridized carbons (Fsp3) is 0.727. The van der Waals surface area contributed by atoms with Crippen LogP contribution < -0.4 is 5.73 Å². The standard InChI is InChI=1S/C11H19N3/c1-4-9(11(12)5-6-11)10-7-8(2)13-14(10)3/h7,9H,4-6,12H2,1-3H3. The Morgan fingerprint density at radius 3 is 2.64 bits per heavy atom. The predicted molar refractivity (Wildman–Crippen MR) is 57.1 cm³/mol. The summed E-state index contributed by atoms with van der Waals surface area (Å²) in [6, 6.07) is 2.17. The first-order valence-corrected chi connectivity index (χ1v) is 5.36. The SMILES string of the molecule is CCC(c1cc(C)nn1C)C1(N)CC1. The molecule has 2 rings (SSSR count). The zero-order valence-electron chi connectivity index (χ0n) is 9.25. The zero-order chi connectivity index (χ0) is 10.3. The lowest BCUT2D eigenvalue weighted by Crippen LogP contribution is -2.31. The van der Waals surface area contributed by atoms with E-state index in [0.29, 0.717) is 5.92 Å². The molecular weight excluding hydrogens is 174 g/mol. The van der Waals surface area contributed by atoms with Gasteiger partial charge < -0.3 is 5.73 Å². The molecule has 1 atom stereocenters. The van der Waals surface area contributed by atoms with Crippen molar-refractivity contribution in [2.24, 2.45) is 12.8 Å². The molecule has 1 aliphatic rings. The molecule has 0 radical (unpaired) electrons. The molecule has 1 unspecified atom stereocenters. The van der Waals surface area contributed by atoms with Crippen molar-refractivity contribution < 1.29 is 0 Å². The Bertz CT molecular complexity index is 336. The Morgan fingerprint density at radius 2 is 2.29 bits per heavy atom. The van der Waals surface area contributed by atoms with E-state index >= 15 is 0 Å². The summed E-state index contributed by atoms with van der Waals surface area (Å²) < 4.78 is 1.98. The third-order valence-corrected chi connectivity index (χ3v) is 3.32. The molecule has 0 spiro atoms. The minimum absolute atomic E-state index is 0.0645. The van der Waals surface area contributed by atoms with Gasteiger partial charge in [-0.25, -0.2) is 0 Å². The summed E-state index contributed by atoms with van der Waals surface area (Å²) in [6.07, 6.45) is 3.43. The van der Waals surface area contributed by atoms with Gasteiger partial charge in [0.05, 0.1) is 5.69 Å². The molecule has 0 amide bonds. The van der Waals surface area contributed by atoms with Crippen LogP contribution in [0, 0.1) is 6.92 Å². The van der Waals surface area contributed by atoms with Crippen LogP contribution in [0.4, 0.5) is 0 Å². The van der Waals surface area contributed by atoms with Gasteiger partial charge in [-0.2, -0.15) is 5.10 Å². The first-order valence-electron chi connectivity index (χ1n) is 5.36. The highest BCUT2D eigenvalue weighted by atomic mass is 15.3. The lowest BCUT2D eigenvalue weighted by atomic mass is 9.91. The Kier molecular flexibility index (Phi) is 2.14. The van der Waals surface area contributed by atoms with E-state index in [-0.39, 0.29) is 5.54 Å². The largest absolute Gasteiger partial charge is 0.324 e. The molecule has 1 aliphatic carbocycles. The number of aromatic nitrogens is 2. The van der Waals surface area contributed by atoms with Gasteiger partial charge in [-0.15, -0.1) is 0 Å². The van der Waals surface area contributed by atoms with E-state index in [2.05, 4.69) is 18.1 Å². The van der Waals surface area contributed by atoms with Crippen LogP contribution in [0.3, 0.4) is 0 Å². The van der Waals surface area contributed by atoms with Crippen LogP contribution in [0.25, 0.3) is 0 Å². The van der Waals surface area contributed by atoms with Gasteiger partial charge in [0, 0.05) is 24.2 Å². The van der Waals surface area contributed by atoms with Gasteiger partial charge in [0.2, 0.25) is 0 Å². The quantitative estimate of drug-likeness (QED) is 0.794. The van der Waals surface area contributed by atoms with Gasteiger partial charge in [-0.3, -0.25) is 4.68 Å². The molecule has 78 valence electrons. The van der Waals surface area contributed by atoms with Crippen molar-refractivity contribution in [2.75, 3.05) is 0 Å².